The van der Waals surface area contributed by atoms with Gasteiger partial charge in [-0.15, -0.1) is 0 Å². The Morgan fingerprint density at radius 2 is 1.71 bits per heavy atom. The molecule has 0 unspecified atom stereocenters. The van der Waals surface area contributed by atoms with Gasteiger partial charge in [0, 0.05) is 35.8 Å². The van der Waals surface area contributed by atoms with Crippen LogP contribution in [0.15, 0.2) is 35.3 Å². The van der Waals surface area contributed by atoms with Crippen molar-refractivity contribution in [2.24, 2.45) is 4.99 Å². The van der Waals surface area contributed by atoms with E-state index in [4.69, 9.17) is 19.2 Å². The first-order valence-electron chi connectivity index (χ1n) is 9.84. The number of hydrogen-bond acceptors (Lipinski definition) is 4. The first kappa shape index (κ1) is 19.0. The van der Waals surface area contributed by atoms with Gasteiger partial charge in [0.05, 0.1) is 25.0 Å². The molecule has 0 aromatic heterocycles. The Morgan fingerprint density at radius 3 is 2.36 bits per heavy atom. The molecule has 28 heavy (non-hydrogen) atoms. The predicted molar refractivity (Wildman–Crippen MR) is 112 cm³/mol. The largest absolute Gasteiger partial charge is 0.492 e. The molecule has 2 aromatic carbocycles. The minimum absolute atomic E-state index is 0.200. The normalized spacial score (nSPS) is 18.7. The molecule has 0 radical (unpaired) electrons. The molecule has 4 rings (SSSR count). The Balaban J connectivity index is 2.07. The summed E-state index contributed by atoms with van der Waals surface area (Å²) in [7, 11) is 3.44. The van der Waals surface area contributed by atoms with Crippen LogP contribution in [0, 0.1) is 0 Å². The molecule has 0 amide bonds. The molecular formula is C24H29NO3. The molecular weight excluding hydrogens is 350 g/mol. The van der Waals surface area contributed by atoms with E-state index in [1.54, 1.807) is 14.2 Å². The highest BCUT2D eigenvalue weighted by molar-refractivity contribution is 6.16. The molecule has 148 valence electrons. The Bertz CT molecular complexity index is 942. The lowest BCUT2D eigenvalue weighted by molar-refractivity contribution is 0.132. The van der Waals surface area contributed by atoms with Gasteiger partial charge in [-0.25, -0.2) is 0 Å². The molecule has 0 aliphatic carbocycles. The molecule has 0 saturated heterocycles. The quantitative estimate of drug-likeness (QED) is 0.771. The summed E-state index contributed by atoms with van der Waals surface area (Å²) in [5.74, 6) is 1.66. The van der Waals surface area contributed by atoms with Crippen LogP contribution in [-0.4, -0.2) is 31.1 Å². The number of nitrogens with zero attached hydrogens (tertiary/aromatic N) is 1. The first-order valence-corrected chi connectivity index (χ1v) is 9.84. The molecule has 0 saturated carbocycles. The van der Waals surface area contributed by atoms with Crippen LogP contribution in [0.4, 0.5) is 0 Å². The fourth-order valence-electron chi connectivity index (χ4n) is 4.50. The minimum atomic E-state index is -0.274. The molecule has 0 bridgehead atoms. The zero-order valence-electron chi connectivity index (χ0n) is 17.7. The second-order valence-electron chi connectivity index (χ2n) is 8.96. The lowest BCUT2D eigenvalue weighted by atomic mass is 9.78. The third-order valence-electron chi connectivity index (χ3n) is 5.50. The number of fused-ring (bicyclic) bond motifs is 3. The molecule has 0 N–H and O–H groups in total. The summed E-state index contributed by atoms with van der Waals surface area (Å²) in [6.45, 7) is 9.12. The summed E-state index contributed by atoms with van der Waals surface area (Å²) >= 11 is 0. The van der Waals surface area contributed by atoms with Crippen LogP contribution < -0.4 is 9.47 Å². The number of methoxy groups -OCH3 is 2. The topological polar surface area (TPSA) is 40.0 Å². The van der Waals surface area contributed by atoms with E-state index in [0.29, 0.717) is 6.61 Å². The maximum atomic E-state index is 6.37. The van der Waals surface area contributed by atoms with Gasteiger partial charge in [-0.3, -0.25) is 4.99 Å². The van der Waals surface area contributed by atoms with Gasteiger partial charge in [0.15, 0.2) is 11.5 Å². The summed E-state index contributed by atoms with van der Waals surface area (Å²) < 4.78 is 17.8. The van der Waals surface area contributed by atoms with Crippen molar-refractivity contribution in [1.82, 2.24) is 0 Å². The van der Waals surface area contributed by atoms with Gasteiger partial charge in [0.2, 0.25) is 0 Å². The van der Waals surface area contributed by atoms with Crippen LogP contribution in [0.1, 0.15) is 55.5 Å². The van der Waals surface area contributed by atoms with E-state index in [1.807, 2.05) is 6.07 Å². The molecule has 0 atom stereocenters. The highest BCUT2D eigenvalue weighted by Gasteiger charge is 2.41. The molecule has 0 fully saturated rings. The van der Waals surface area contributed by atoms with Crippen LogP contribution >= 0.6 is 0 Å². The highest BCUT2D eigenvalue weighted by Crippen LogP contribution is 2.50. The van der Waals surface area contributed by atoms with E-state index in [-0.39, 0.29) is 11.1 Å². The SMILES string of the molecule is COCc1c2c(c3c(c1OC)OC(C)(C)C3)C(c1ccccc1)=NC(C)(C)C2. The molecule has 4 heteroatoms. The summed E-state index contributed by atoms with van der Waals surface area (Å²) in [4.78, 5) is 5.19. The summed E-state index contributed by atoms with van der Waals surface area (Å²) in [6, 6.07) is 10.5. The summed E-state index contributed by atoms with van der Waals surface area (Å²) in [6.07, 6.45) is 1.68. The van der Waals surface area contributed by atoms with Crippen molar-refractivity contribution in [2.45, 2.75) is 58.3 Å². The second-order valence-corrected chi connectivity index (χ2v) is 8.96. The third-order valence-corrected chi connectivity index (χ3v) is 5.50. The van der Waals surface area contributed by atoms with Crippen molar-refractivity contribution in [3.05, 3.63) is 58.1 Å². The smallest absolute Gasteiger partial charge is 0.166 e. The van der Waals surface area contributed by atoms with E-state index in [1.165, 1.54) is 16.7 Å². The summed E-state index contributed by atoms with van der Waals surface area (Å²) in [5.41, 5.74) is 6.47. The zero-order valence-corrected chi connectivity index (χ0v) is 17.7. The average molecular weight is 380 g/mol. The number of benzene rings is 2. The highest BCUT2D eigenvalue weighted by atomic mass is 16.5. The van der Waals surface area contributed by atoms with E-state index in [9.17, 15) is 0 Å². The number of hydrogen-bond donors (Lipinski definition) is 0. The van der Waals surface area contributed by atoms with Gasteiger partial charge in [0.1, 0.15) is 5.60 Å². The van der Waals surface area contributed by atoms with Crippen molar-refractivity contribution in [1.29, 1.82) is 0 Å². The molecule has 2 heterocycles. The lowest BCUT2D eigenvalue weighted by Gasteiger charge is -2.33. The molecule has 2 aliphatic rings. The van der Waals surface area contributed by atoms with Crippen LogP contribution in [0.2, 0.25) is 0 Å². The minimum Gasteiger partial charge on any atom is -0.492 e. The van der Waals surface area contributed by atoms with Gasteiger partial charge >= 0.3 is 0 Å². The van der Waals surface area contributed by atoms with E-state index < -0.39 is 0 Å². The van der Waals surface area contributed by atoms with Crippen molar-refractivity contribution < 1.29 is 14.2 Å². The van der Waals surface area contributed by atoms with E-state index in [0.717, 1.165) is 41.2 Å². The fraction of sp³-hybridized carbons (Fsp3) is 0.458. The lowest BCUT2D eigenvalue weighted by Crippen LogP contribution is -2.31. The maximum absolute atomic E-state index is 6.37. The van der Waals surface area contributed by atoms with Gasteiger partial charge in [-0.1, -0.05) is 30.3 Å². The average Bonchev–Trinajstić information content (AvgIpc) is 2.96. The van der Waals surface area contributed by atoms with Crippen molar-refractivity contribution >= 4 is 5.71 Å². The van der Waals surface area contributed by atoms with Crippen molar-refractivity contribution in [2.75, 3.05) is 14.2 Å². The van der Waals surface area contributed by atoms with Gasteiger partial charge in [-0.05, 0) is 39.7 Å². The maximum Gasteiger partial charge on any atom is 0.166 e. The Morgan fingerprint density at radius 1 is 1.00 bits per heavy atom. The monoisotopic (exact) mass is 379 g/mol. The Labute approximate surface area is 167 Å². The van der Waals surface area contributed by atoms with Gasteiger partial charge in [-0.2, -0.15) is 0 Å². The van der Waals surface area contributed by atoms with Crippen LogP contribution in [0.3, 0.4) is 0 Å². The van der Waals surface area contributed by atoms with Crippen molar-refractivity contribution in [3.8, 4) is 11.5 Å². The standard InChI is InChI=1S/C24H29NO3/c1-23(2)12-16-18(14-26-5)21(27-6)22-17(13-24(3,4)28-22)19(16)20(25-23)15-10-8-7-9-11-15/h7-11H,12-14H2,1-6H3. The fourth-order valence-corrected chi connectivity index (χ4v) is 4.50. The van der Waals surface area contributed by atoms with Crippen LogP contribution in [-0.2, 0) is 24.2 Å². The number of ether oxygens (including phenoxy) is 3. The Kier molecular flexibility index (Phi) is 4.50. The van der Waals surface area contributed by atoms with Crippen molar-refractivity contribution in [3.63, 3.8) is 0 Å². The first-order chi connectivity index (χ1) is 13.3. The molecule has 2 aromatic rings. The molecule has 2 aliphatic heterocycles. The second kappa shape index (κ2) is 6.63. The van der Waals surface area contributed by atoms with Crippen LogP contribution in [0.25, 0.3) is 0 Å². The number of aliphatic imine (C=N–C) groups is 1. The van der Waals surface area contributed by atoms with Gasteiger partial charge in [0.25, 0.3) is 0 Å². The van der Waals surface area contributed by atoms with Gasteiger partial charge < -0.3 is 14.2 Å². The van der Waals surface area contributed by atoms with E-state index >= 15 is 0 Å². The van der Waals surface area contributed by atoms with Crippen LogP contribution in [0.5, 0.6) is 11.5 Å². The number of rotatable bonds is 4. The molecule has 4 nitrogen and oxygen atoms in total. The Hall–Kier alpha value is -2.33. The predicted octanol–water partition coefficient (Wildman–Crippen LogP) is 4.73. The molecule has 0 spiro atoms. The summed E-state index contributed by atoms with van der Waals surface area (Å²) in [5, 5.41) is 0. The zero-order chi connectivity index (χ0) is 20.1. The van der Waals surface area contributed by atoms with E-state index in [2.05, 4.69) is 52.0 Å². The third kappa shape index (κ3) is 3.10.